The maximum absolute atomic E-state index is 12.3. The zero-order valence-corrected chi connectivity index (χ0v) is 15.5. The van der Waals surface area contributed by atoms with Crippen molar-refractivity contribution < 1.29 is 9.72 Å². The van der Waals surface area contributed by atoms with E-state index in [1.54, 1.807) is 6.07 Å². The maximum Gasteiger partial charge on any atom is 0.270 e. The first-order valence-corrected chi connectivity index (χ1v) is 9.25. The molecular formula is C17H24BrN3O3. The summed E-state index contributed by atoms with van der Waals surface area (Å²) in [5.74, 6) is 0.699. The summed E-state index contributed by atoms with van der Waals surface area (Å²) >= 11 is 3.27. The molecule has 0 saturated carbocycles. The first kappa shape index (κ1) is 18.9. The van der Waals surface area contributed by atoms with Gasteiger partial charge in [0.15, 0.2) is 0 Å². The SMILES string of the molecule is CCCC1CCCN(CC(=O)Nc2ccc([N+](=O)[O-])cc2Br)CC1. The third-order valence-electron chi connectivity index (χ3n) is 4.44. The standard InChI is InChI=1S/C17H24BrN3O3/c1-2-4-13-5-3-9-20(10-8-13)12-17(22)19-16-7-6-14(21(23)24)11-15(16)18/h6-7,11,13H,2-5,8-10,12H2,1H3,(H,19,22). The second-order valence-electron chi connectivity index (χ2n) is 6.33. The highest BCUT2D eigenvalue weighted by Crippen LogP contribution is 2.27. The summed E-state index contributed by atoms with van der Waals surface area (Å²) < 4.78 is 0.518. The molecule has 1 aromatic rings. The number of rotatable bonds is 6. The highest BCUT2D eigenvalue weighted by atomic mass is 79.9. The first-order chi connectivity index (χ1) is 11.5. The Bertz CT molecular complexity index is 594. The number of nitro benzene ring substituents is 1. The molecule has 1 amide bonds. The fourth-order valence-corrected chi connectivity index (χ4v) is 3.66. The fraction of sp³-hybridized carbons (Fsp3) is 0.588. The quantitative estimate of drug-likeness (QED) is 0.576. The van der Waals surface area contributed by atoms with Crippen molar-refractivity contribution in [3.63, 3.8) is 0 Å². The number of hydrogen-bond donors (Lipinski definition) is 1. The molecule has 1 aliphatic heterocycles. The largest absolute Gasteiger partial charge is 0.324 e. The summed E-state index contributed by atoms with van der Waals surface area (Å²) in [4.78, 5) is 24.7. The number of nitrogens with zero attached hydrogens (tertiary/aromatic N) is 2. The monoisotopic (exact) mass is 397 g/mol. The highest BCUT2D eigenvalue weighted by Gasteiger charge is 2.19. The molecule has 0 aromatic heterocycles. The smallest absolute Gasteiger partial charge is 0.270 e. The molecule has 0 spiro atoms. The van der Waals surface area contributed by atoms with Crippen molar-refractivity contribution in [1.29, 1.82) is 0 Å². The van der Waals surface area contributed by atoms with Gasteiger partial charge in [-0.3, -0.25) is 19.8 Å². The number of amides is 1. The summed E-state index contributed by atoms with van der Waals surface area (Å²) in [5.41, 5.74) is 0.554. The van der Waals surface area contributed by atoms with Crippen LogP contribution in [0.2, 0.25) is 0 Å². The second kappa shape index (κ2) is 9.13. The number of anilines is 1. The minimum absolute atomic E-state index is 0.00522. The molecule has 0 aliphatic carbocycles. The lowest BCUT2D eigenvalue weighted by atomic mass is 9.96. The number of benzene rings is 1. The topological polar surface area (TPSA) is 75.5 Å². The van der Waals surface area contributed by atoms with Gasteiger partial charge in [-0.2, -0.15) is 0 Å². The summed E-state index contributed by atoms with van der Waals surface area (Å²) in [6, 6.07) is 4.35. The molecule has 6 nitrogen and oxygen atoms in total. The summed E-state index contributed by atoms with van der Waals surface area (Å²) in [6.07, 6.45) is 6.04. The van der Waals surface area contributed by atoms with E-state index in [0.717, 1.165) is 31.8 Å². The lowest BCUT2D eigenvalue weighted by Crippen LogP contribution is -2.34. The molecule has 1 fully saturated rings. The molecule has 24 heavy (non-hydrogen) atoms. The molecule has 7 heteroatoms. The van der Waals surface area contributed by atoms with Crippen LogP contribution in [0.25, 0.3) is 0 Å². The van der Waals surface area contributed by atoms with Crippen LogP contribution in [0.4, 0.5) is 11.4 Å². The molecule has 0 bridgehead atoms. The number of nitro groups is 1. The molecule has 1 N–H and O–H groups in total. The second-order valence-corrected chi connectivity index (χ2v) is 7.19. The van der Waals surface area contributed by atoms with Gasteiger partial charge in [0.2, 0.25) is 5.91 Å². The highest BCUT2D eigenvalue weighted by molar-refractivity contribution is 9.10. The van der Waals surface area contributed by atoms with E-state index in [0.29, 0.717) is 16.7 Å². The van der Waals surface area contributed by atoms with E-state index in [-0.39, 0.29) is 11.6 Å². The molecule has 1 heterocycles. The Morgan fingerprint density at radius 2 is 2.21 bits per heavy atom. The Balaban J connectivity index is 1.88. The van der Waals surface area contributed by atoms with E-state index in [1.165, 1.54) is 31.4 Å². The Morgan fingerprint density at radius 1 is 1.42 bits per heavy atom. The van der Waals surface area contributed by atoms with Gasteiger partial charge in [0.1, 0.15) is 0 Å². The molecule has 2 rings (SSSR count). The molecular weight excluding hydrogens is 374 g/mol. The van der Waals surface area contributed by atoms with Gasteiger partial charge in [0, 0.05) is 16.6 Å². The zero-order valence-electron chi connectivity index (χ0n) is 14.0. The van der Waals surface area contributed by atoms with Crippen molar-refractivity contribution in [1.82, 2.24) is 4.90 Å². The number of carbonyl (C=O) groups is 1. The van der Waals surface area contributed by atoms with Crippen LogP contribution >= 0.6 is 15.9 Å². The van der Waals surface area contributed by atoms with Crippen LogP contribution in [0.5, 0.6) is 0 Å². The average Bonchev–Trinajstić information content (AvgIpc) is 2.75. The lowest BCUT2D eigenvalue weighted by Gasteiger charge is -2.19. The Kier molecular flexibility index (Phi) is 7.17. The predicted molar refractivity (Wildman–Crippen MR) is 98.1 cm³/mol. The molecule has 1 unspecified atom stereocenters. The van der Waals surface area contributed by atoms with Gasteiger partial charge in [0.25, 0.3) is 5.69 Å². The van der Waals surface area contributed by atoms with E-state index < -0.39 is 4.92 Å². The fourth-order valence-electron chi connectivity index (χ4n) is 3.19. The van der Waals surface area contributed by atoms with E-state index >= 15 is 0 Å². The van der Waals surface area contributed by atoms with Gasteiger partial charge in [0.05, 0.1) is 17.2 Å². The van der Waals surface area contributed by atoms with Crippen LogP contribution in [-0.4, -0.2) is 35.4 Å². The van der Waals surface area contributed by atoms with Gasteiger partial charge < -0.3 is 5.32 Å². The van der Waals surface area contributed by atoms with Gasteiger partial charge in [-0.1, -0.05) is 19.8 Å². The molecule has 1 aromatic carbocycles. The lowest BCUT2D eigenvalue weighted by molar-refractivity contribution is -0.384. The number of hydrogen-bond acceptors (Lipinski definition) is 4. The normalized spacial score (nSPS) is 18.8. The van der Waals surface area contributed by atoms with Crippen LogP contribution < -0.4 is 5.32 Å². The Morgan fingerprint density at radius 3 is 2.88 bits per heavy atom. The van der Waals surface area contributed by atoms with E-state index in [9.17, 15) is 14.9 Å². The third kappa shape index (κ3) is 5.56. The van der Waals surface area contributed by atoms with E-state index in [1.807, 2.05) is 0 Å². The molecule has 1 aliphatic rings. The predicted octanol–water partition coefficient (Wildman–Crippen LogP) is 4.20. The third-order valence-corrected chi connectivity index (χ3v) is 5.10. The van der Waals surface area contributed by atoms with Crippen molar-refractivity contribution in [3.05, 3.63) is 32.8 Å². The first-order valence-electron chi connectivity index (χ1n) is 8.45. The van der Waals surface area contributed by atoms with E-state index in [2.05, 4.69) is 33.1 Å². The van der Waals surface area contributed by atoms with Crippen molar-refractivity contribution in [2.24, 2.45) is 5.92 Å². The van der Waals surface area contributed by atoms with Gasteiger partial charge in [-0.25, -0.2) is 0 Å². The molecule has 0 radical (unpaired) electrons. The van der Waals surface area contributed by atoms with Crippen LogP contribution in [0.3, 0.4) is 0 Å². The van der Waals surface area contributed by atoms with Crippen LogP contribution in [-0.2, 0) is 4.79 Å². The van der Waals surface area contributed by atoms with Gasteiger partial charge in [-0.15, -0.1) is 0 Å². The number of nitrogens with one attached hydrogen (secondary N) is 1. The van der Waals surface area contributed by atoms with Crippen LogP contribution in [0.15, 0.2) is 22.7 Å². The summed E-state index contributed by atoms with van der Waals surface area (Å²) in [6.45, 7) is 4.50. The molecule has 132 valence electrons. The zero-order chi connectivity index (χ0) is 17.5. The summed E-state index contributed by atoms with van der Waals surface area (Å²) in [5, 5.41) is 13.6. The van der Waals surface area contributed by atoms with Crippen molar-refractivity contribution in [2.75, 3.05) is 25.0 Å². The average molecular weight is 398 g/mol. The molecule has 1 saturated heterocycles. The number of non-ortho nitro benzene ring substituents is 1. The van der Waals surface area contributed by atoms with E-state index in [4.69, 9.17) is 0 Å². The van der Waals surface area contributed by atoms with Crippen molar-refractivity contribution >= 4 is 33.2 Å². The minimum Gasteiger partial charge on any atom is -0.324 e. The Labute approximate surface area is 150 Å². The number of halogens is 1. The van der Waals surface area contributed by atoms with Crippen molar-refractivity contribution in [2.45, 2.75) is 39.0 Å². The van der Waals surface area contributed by atoms with Gasteiger partial charge >= 0.3 is 0 Å². The number of likely N-dealkylation sites (tertiary alicyclic amines) is 1. The van der Waals surface area contributed by atoms with Crippen LogP contribution in [0.1, 0.15) is 39.0 Å². The minimum atomic E-state index is -0.458. The Hall–Kier alpha value is -1.47. The van der Waals surface area contributed by atoms with Crippen molar-refractivity contribution in [3.8, 4) is 0 Å². The number of carbonyl (C=O) groups excluding carboxylic acids is 1. The van der Waals surface area contributed by atoms with Crippen LogP contribution in [0, 0.1) is 16.0 Å². The summed E-state index contributed by atoms with van der Waals surface area (Å²) in [7, 11) is 0. The maximum atomic E-state index is 12.3. The van der Waals surface area contributed by atoms with Gasteiger partial charge in [-0.05, 0) is 60.3 Å². The molecule has 1 atom stereocenters.